The summed E-state index contributed by atoms with van der Waals surface area (Å²) in [5.41, 5.74) is 1.98. The molecule has 2 aliphatic carbocycles. The van der Waals surface area contributed by atoms with E-state index in [-0.39, 0.29) is 95.6 Å². The van der Waals surface area contributed by atoms with Crippen molar-refractivity contribution in [2.75, 3.05) is 17.3 Å². The van der Waals surface area contributed by atoms with Crippen molar-refractivity contribution in [3.8, 4) is 0 Å². The van der Waals surface area contributed by atoms with Crippen molar-refractivity contribution in [1.29, 1.82) is 0 Å². The van der Waals surface area contributed by atoms with Gasteiger partial charge in [0, 0.05) is 132 Å². The molecule has 1 aliphatic heterocycles. The molecular weight excluding hydrogens is 1760 g/mol. The van der Waals surface area contributed by atoms with Gasteiger partial charge in [-0.1, -0.05) is 120 Å². The molecule has 105 heavy (non-hydrogen) atoms. The Bertz CT molecular complexity index is 5590. The largest absolute Gasteiger partial charge is 0.143 e. The van der Waals surface area contributed by atoms with Crippen molar-refractivity contribution in [2.45, 2.75) is 36.5 Å². The zero-order valence-corrected chi connectivity index (χ0v) is 67.0. The Morgan fingerprint density at radius 3 is 1.10 bits per heavy atom. The van der Waals surface area contributed by atoms with Gasteiger partial charge < -0.3 is 20.1 Å². The van der Waals surface area contributed by atoms with Crippen molar-refractivity contribution in [3.63, 3.8) is 0 Å². The minimum Gasteiger partial charge on any atom is -0.143 e. The molecule has 1 saturated heterocycles. The normalized spacial score (nSPS) is 12.4. The SMILES string of the molecule is Brc1sc2cccc3c4c(Br)sc5cccc(c1c23)c54.CC(=O)OC(C)=O.O=C(O)CS.O=C(O)CSc1cccc2c1C(=O)c1cccc(SCC(=O)O)c1C2=O.O=C1CCC(=O)N1Br.O=C1c2cccc(Cl)c2C(=O)c2cccc(Cl)c21.[O]=[Mn]=[O].c1cc2scc3c4cccc5scc(c(c1)c23)c54. The number of hydrogen-bond donors (Lipinski definition) is 4. The van der Waals surface area contributed by atoms with Gasteiger partial charge >= 0.3 is 52.3 Å². The van der Waals surface area contributed by atoms with E-state index in [1.54, 1.807) is 60.7 Å². The number of ketones is 4. The molecule has 3 aliphatic rings. The summed E-state index contributed by atoms with van der Waals surface area (Å²) in [6.45, 7) is 2.36. The zero-order valence-electron chi connectivity index (χ0n) is 53.7. The molecule has 31 heteroatoms. The number of thiophene rings is 4. The minimum absolute atomic E-state index is 0.0833. The fourth-order valence-electron chi connectivity index (χ4n) is 11.8. The van der Waals surface area contributed by atoms with Crippen LogP contribution in [0.5, 0.6) is 0 Å². The van der Waals surface area contributed by atoms with Crippen LogP contribution in [-0.2, 0) is 60.8 Å². The number of nitrogens with zero attached hydrogens (tertiary/aromatic N) is 1. The van der Waals surface area contributed by atoms with Crippen LogP contribution in [-0.4, -0.2) is 101 Å². The number of hydrogen-bond acceptors (Lipinski definition) is 21. The number of carbonyl (C=O) groups is 11. The molecule has 0 atom stereocenters. The number of ether oxygens (including phenoxy) is 1. The summed E-state index contributed by atoms with van der Waals surface area (Å²) in [7, 11) is 0. The minimum atomic E-state index is -1.44. The van der Waals surface area contributed by atoms with Crippen LogP contribution in [0.1, 0.15) is 90.4 Å². The summed E-state index contributed by atoms with van der Waals surface area (Å²) < 4.78 is 29.7. The maximum atomic E-state index is 13.0. The predicted molar refractivity (Wildman–Crippen MR) is 424 cm³/mol. The number of halogens is 5. The second kappa shape index (κ2) is 35.3. The van der Waals surface area contributed by atoms with Gasteiger partial charge in [0.2, 0.25) is 11.8 Å². The van der Waals surface area contributed by atoms with E-state index in [4.69, 9.17) is 46.2 Å². The molecule has 533 valence electrons. The van der Waals surface area contributed by atoms with Gasteiger partial charge in [0.15, 0.2) is 23.1 Å². The van der Waals surface area contributed by atoms with E-state index in [1.807, 2.05) is 45.3 Å². The first-order chi connectivity index (χ1) is 50.2. The van der Waals surface area contributed by atoms with E-state index in [2.05, 4.69) is 149 Å². The molecule has 17 rings (SSSR count). The van der Waals surface area contributed by atoms with Crippen LogP contribution in [0.3, 0.4) is 0 Å². The molecule has 10 aromatic carbocycles. The zero-order chi connectivity index (χ0) is 75.8. The maximum Gasteiger partial charge on any atom is 0.0355 e. The Kier molecular flexibility index (Phi) is 26.8. The van der Waals surface area contributed by atoms with E-state index >= 15 is 0 Å². The smallest absolute Gasteiger partial charge is 0.0355 e. The first kappa shape index (κ1) is 79.7. The molecule has 4 aromatic heterocycles. The van der Waals surface area contributed by atoms with Crippen LogP contribution < -0.4 is 0 Å². The van der Waals surface area contributed by atoms with Crippen LogP contribution in [0.15, 0.2) is 174 Å². The Morgan fingerprint density at radius 1 is 0.467 bits per heavy atom. The van der Waals surface area contributed by atoms with Gasteiger partial charge in [-0.2, -0.15) is 12.6 Å². The van der Waals surface area contributed by atoms with Crippen molar-refractivity contribution in [3.05, 3.63) is 218 Å². The van der Waals surface area contributed by atoms with Crippen LogP contribution in [0.2, 0.25) is 10.0 Å². The number of carbonyl (C=O) groups excluding carboxylic acids is 8. The summed E-state index contributed by atoms with van der Waals surface area (Å²) in [6.07, 6.45) is 0.703. The third-order valence-corrected chi connectivity index (χ3v) is 25.1. The van der Waals surface area contributed by atoms with Gasteiger partial charge in [-0.3, -0.25) is 52.7 Å². The summed E-state index contributed by atoms with van der Waals surface area (Å²) in [4.78, 5) is 123. The summed E-state index contributed by atoms with van der Waals surface area (Å²) in [5.74, 6) is -6.09. The molecular formula is C74H46Br3Cl2MnNO17S7. The van der Waals surface area contributed by atoms with Gasteiger partial charge in [-0.15, -0.1) is 68.9 Å². The van der Waals surface area contributed by atoms with Gasteiger partial charge in [-0.25, -0.2) is 3.93 Å². The van der Waals surface area contributed by atoms with Crippen molar-refractivity contribution in [2.24, 2.45) is 0 Å². The Labute approximate surface area is 665 Å². The number of fused-ring (bicyclic) bond motifs is 8. The second-order valence-corrected chi connectivity index (χ2v) is 32.8. The quantitative estimate of drug-likeness (QED) is 0.0168. The first-order valence-electron chi connectivity index (χ1n) is 30.3. The predicted octanol–water partition coefficient (Wildman–Crippen LogP) is 20.1. The Morgan fingerprint density at radius 2 is 0.781 bits per heavy atom. The van der Waals surface area contributed by atoms with Crippen LogP contribution >= 0.6 is 153 Å². The topological polar surface area (TPSA) is 295 Å². The third-order valence-electron chi connectivity index (χ3n) is 15.7. The number of imide groups is 1. The van der Waals surface area contributed by atoms with E-state index in [0.717, 1.165) is 27.4 Å². The molecule has 0 bridgehead atoms. The van der Waals surface area contributed by atoms with Gasteiger partial charge in [0.25, 0.3) is 0 Å². The van der Waals surface area contributed by atoms with Gasteiger partial charge in [0.1, 0.15) is 0 Å². The standard InChI is InChI=1S/C18H12O6S2.C16H6Br2S2.C16H8S2.C14H6Cl2O2.C4H4BrNO2.C4H6O3.C2H4O2S.Mn.2O/c19-13(20)7-25-11-5-1-3-9-15(11)18(24)10-4-2-6-12(16(10)17(9)23)26-8-14(21)22;17-15-13-7-3-1-5-9-11(7)14(16(18)19-9)8-4-2-6-10(20-15)12(8)13;1-3-9-11-7-18-14-6-2-4-10(16(11)14)12-8-17-13(5-1)15(9)12;15-9-5-1-3-7-11(9)14(18)8-4-2-6-10(16)12(8)13(7)17;5-6-3(7)1-2-4(6)8;1-3(5)7-4(2)6;3-2(4)1-5;;;/h1-6H,7-8H2,(H,19,20)(H,21,22);1-6H;1-8H;1-6H;1-2H2;1-2H3;5H,1H2,(H,3,4);;;. The Hall–Kier alpha value is -7.84. The van der Waals surface area contributed by atoms with Crippen molar-refractivity contribution in [1.82, 2.24) is 3.93 Å². The molecule has 18 nitrogen and oxygen atoms in total. The van der Waals surface area contributed by atoms with E-state index in [9.17, 15) is 52.7 Å². The van der Waals surface area contributed by atoms with Crippen molar-refractivity contribution >= 4 is 301 Å². The summed E-state index contributed by atoms with van der Waals surface area (Å²) in [5, 5.41) is 47.4. The third kappa shape index (κ3) is 17.1. The molecule has 0 spiro atoms. The Balaban J connectivity index is 0.000000137. The molecule has 14 aromatic rings. The van der Waals surface area contributed by atoms with E-state index in [1.165, 1.54) is 117 Å². The summed E-state index contributed by atoms with van der Waals surface area (Å²) >= 11 is 33.7. The number of aliphatic carboxylic acids is 3. The second-order valence-electron chi connectivity index (χ2n) is 22.1. The molecule has 2 amide bonds. The number of amides is 2. The number of rotatable bonds is 7. The molecule has 1 fully saturated rings. The molecule has 3 N–H and O–H groups in total. The average molecular weight is 1810 g/mol. The molecule has 5 heterocycles. The fraction of sp³-hybridized carbons (Fsp3) is 0.0946. The number of thioether (sulfide) groups is 2. The average Bonchev–Trinajstić information content (AvgIpc) is 1.59. The molecule has 0 radical (unpaired) electrons. The van der Waals surface area contributed by atoms with E-state index < -0.39 is 44.7 Å². The molecule has 0 saturated carbocycles. The maximum absolute atomic E-state index is 13.0. The van der Waals surface area contributed by atoms with Crippen LogP contribution in [0.4, 0.5) is 0 Å². The fourth-order valence-corrected chi connectivity index (χ4v) is 20.0. The monoisotopic (exact) mass is 1810 g/mol. The number of thiol groups is 1. The van der Waals surface area contributed by atoms with Crippen LogP contribution in [0.25, 0.3) is 83.4 Å². The number of carboxylic acids is 3. The van der Waals surface area contributed by atoms with Crippen LogP contribution in [0, 0.1) is 0 Å². The van der Waals surface area contributed by atoms with Gasteiger partial charge in [0.05, 0.1) is 62.2 Å². The van der Waals surface area contributed by atoms with Gasteiger partial charge in [-0.05, 0) is 113 Å². The number of carboxylic acid groups (broad SMARTS) is 3. The first-order valence-corrected chi connectivity index (χ1v) is 40.3. The number of benzene rings is 10. The van der Waals surface area contributed by atoms with E-state index in [0.29, 0.717) is 33.8 Å². The van der Waals surface area contributed by atoms with Crippen molar-refractivity contribution < 1.29 is 95.3 Å². The molecule has 0 unspecified atom stereocenters. The summed E-state index contributed by atoms with van der Waals surface area (Å²) in [6, 6.07) is 45.7. The number of esters is 2.